The summed E-state index contributed by atoms with van der Waals surface area (Å²) < 4.78 is 1.75. The van der Waals surface area contributed by atoms with Crippen LogP contribution in [0.3, 0.4) is 0 Å². The third kappa shape index (κ3) is 4.58. The molecule has 3 heterocycles. The van der Waals surface area contributed by atoms with Crippen LogP contribution >= 0.6 is 11.8 Å². The number of carbonyl (C=O) groups is 1. The minimum Gasteiger partial charge on any atom is -0.307 e. The molecule has 0 unspecified atom stereocenters. The lowest BCUT2D eigenvalue weighted by Crippen LogP contribution is -2.17. The number of hydrogen-bond acceptors (Lipinski definition) is 5. The zero-order valence-electron chi connectivity index (χ0n) is 16.7. The lowest BCUT2D eigenvalue weighted by Gasteiger charge is -2.12. The highest BCUT2D eigenvalue weighted by atomic mass is 32.2. The summed E-state index contributed by atoms with van der Waals surface area (Å²) in [6, 6.07) is 15.5. The number of anilines is 1. The second kappa shape index (κ2) is 8.92. The van der Waals surface area contributed by atoms with Crippen molar-refractivity contribution >= 4 is 23.5 Å². The zero-order chi connectivity index (χ0) is 20.9. The maximum Gasteiger partial charge on any atom is 0.259 e. The molecule has 0 spiro atoms. The van der Waals surface area contributed by atoms with Gasteiger partial charge in [0.1, 0.15) is 10.8 Å². The van der Waals surface area contributed by atoms with Crippen molar-refractivity contribution < 1.29 is 4.79 Å². The van der Waals surface area contributed by atoms with Gasteiger partial charge in [-0.3, -0.25) is 9.78 Å². The van der Waals surface area contributed by atoms with Crippen LogP contribution in [0.1, 0.15) is 27.0 Å². The molecular weight excluding hydrogens is 394 g/mol. The largest absolute Gasteiger partial charge is 0.307 e. The van der Waals surface area contributed by atoms with Crippen LogP contribution in [-0.2, 0) is 6.54 Å². The molecule has 0 fully saturated rings. The second-order valence-corrected chi connectivity index (χ2v) is 7.94. The van der Waals surface area contributed by atoms with Gasteiger partial charge in [0.05, 0.1) is 18.3 Å². The predicted octanol–water partition coefficient (Wildman–Crippen LogP) is 4.74. The van der Waals surface area contributed by atoms with Crippen molar-refractivity contribution in [2.24, 2.45) is 0 Å². The number of nitrogens with zero attached hydrogens (tertiary/aromatic N) is 4. The van der Waals surface area contributed by atoms with E-state index in [9.17, 15) is 4.79 Å². The van der Waals surface area contributed by atoms with E-state index in [0.29, 0.717) is 23.0 Å². The Morgan fingerprint density at radius 2 is 1.87 bits per heavy atom. The number of rotatable bonds is 6. The van der Waals surface area contributed by atoms with Crippen molar-refractivity contribution in [3.05, 3.63) is 95.6 Å². The van der Waals surface area contributed by atoms with Gasteiger partial charge in [0.25, 0.3) is 5.91 Å². The molecule has 6 nitrogen and oxygen atoms in total. The fraction of sp³-hybridized carbons (Fsp3) is 0.130. The molecule has 0 radical (unpaired) electrons. The molecule has 1 N–H and O–H groups in total. The molecule has 30 heavy (non-hydrogen) atoms. The molecule has 0 bridgehead atoms. The van der Waals surface area contributed by atoms with Gasteiger partial charge in [0, 0.05) is 29.6 Å². The van der Waals surface area contributed by atoms with Gasteiger partial charge in [-0.2, -0.15) is 5.10 Å². The third-order valence-corrected chi connectivity index (χ3v) is 5.78. The summed E-state index contributed by atoms with van der Waals surface area (Å²) >= 11 is 1.50. The lowest BCUT2D eigenvalue weighted by molar-refractivity contribution is 0.102. The normalized spacial score (nSPS) is 10.7. The fourth-order valence-electron chi connectivity index (χ4n) is 2.98. The van der Waals surface area contributed by atoms with E-state index in [1.54, 1.807) is 47.7 Å². The van der Waals surface area contributed by atoms with Crippen molar-refractivity contribution in [1.82, 2.24) is 19.7 Å². The molecule has 1 amide bonds. The number of carbonyl (C=O) groups excluding carboxylic acids is 1. The smallest absolute Gasteiger partial charge is 0.259 e. The molecule has 4 rings (SSSR count). The topological polar surface area (TPSA) is 72.7 Å². The Morgan fingerprint density at radius 3 is 2.70 bits per heavy atom. The summed E-state index contributed by atoms with van der Waals surface area (Å²) in [6.07, 6.45) is 6.86. The van der Waals surface area contributed by atoms with E-state index in [1.165, 1.54) is 17.3 Å². The molecule has 3 aromatic heterocycles. The van der Waals surface area contributed by atoms with Crippen molar-refractivity contribution in [3.8, 4) is 0 Å². The average Bonchev–Trinajstić information content (AvgIpc) is 3.18. The van der Waals surface area contributed by atoms with E-state index < -0.39 is 0 Å². The Hall–Kier alpha value is -3.45. The second-order valence-electron chi connectivity index (χ2n) is 6.91. The van der Waals surface area contributed by atoms with E-state index in [2.05, 4.69) is 52.4 Å². The predicted molar refractivity (Wildman–Crippen MR) is 118 cm³/mol. The fourth-order valence-corrected chi connectivity index (χ4v) is 4.04. The van der Waals surface area contributed by atoms with Crippen LogP contribution in [0.4, 0.5) is 5.82 Å². The zero-order valence-corrected chi connectivity index (χ0v) is 17.6. The first kappa shape index (κ1) is 19.8. The minimum atomic E-state index is -0.215. The Labute approximate surface area is 179 Å². The summed E-state index contributed by atoms with van der Waals surface area (Å²) in [4.78, 5) is 22.6. The van der Waals surface area contributed by atoms with Crippen molar-refractivity contribution in [3.63, 3.8) is 0 Å². The Balaban J connectivity index is 1.55. The number of amides is 1. The quantitative estimate of drug-likeness (QED) is 0.492. The summed E-state index contributed by atoms with van der Waals surface area (Å²) in [5.41, 5.74) is 3.90. The molecule has 0 saturated heterocycles. The molecule has 0 saturated carbocycles. The van der Waals surface area contributed by atoms with Gasteiger partial charge in [-0.1, -0.05) is 23.9 Å². The third-order valence-electron chi connectivity index (χ3n) is 4.61. The molecule has 0 atom stereocenters. The monoisotopic (exact) mass is 415 g/mol. The van der Waals surface area contributed by atoms with Crippen LogP contribution in [0.15, 0.2) is 83.2 Å². The number of aromatic nitrogens is 4. The Morgan fingerprint density at radius 1 is 1.03 bits per heavy atom. The van der Waals surface area contributed by atoms with Crippen molar-refractivity contribution in [2.45, 2.75) is 30.3 Å². The molecule has 1 aromatic carbocycles. The number of nitrogens with one attached hydrogen (secondary N) is 1. The average molecular weight is 416 g/mol. The molecule has 4 aromatic rings. The van der Waals surface area contributed by atoms with Gasteiger partial charge in [-0.25, -0.2) is 9.67 Å². The van der Waals surface area contributed by atoms with Gasteiger partial charge >= 0.3 is 0 Å². The number of pyridine rings is 2. The summed E-state index contributed by atoms with van der Waals surface area (Å²) in [5.74, 6) is 0.413. The van der Waals surface area contributed by atoms with E-state index >= 15 is 0 Å². The SMILES string of the molecule is Cc1ccc(C)c(Sc2ncccc2C(=O)Nc2ccnn2Cc2ccncc2)c1. The Kier molecular flexibility index (Phi) is 5.90. The lowest BCUT2D eigenvalue weighted by atomic mass is 10.2. The van der Waals surface area contributed by atoms with Crippen molar-refractivity contribution in [2.75, 3.05) is 5.32 Å². The number of aryl methyl sites for hydroxylation is 2. The van der Waals surface area contributed by atoms with E-state index in [0.717, 1.165) is 16.0 Å². The first-order valence-electron chi connectivity index (χ1n) is 9.52. The van der Waals surface area contributed by atoms with Crippen LogP contribution in [0, 0.1) is 13.8 Å². The molecule has 7 heteroatoms. The van der Waals surface area contributed by atoms with Gasteiger partial charge < -0.3 is 5.32 Å². The van der Waals surface area contributed by atoms with E-state index in [4.69, 9.17) is 0 Å². The highest BCUT2D eigenvalue weighted by Crippen LogP contribution is 2.32. The van der Waals surface area contributed by atoms with Crippen LogP contribution < -0.4 is 5.32 Å². The summed E-state index contributed by atoms with van der Waals surface area (Å²) in [7, 11) is 0. The van der Waals surface area contributed by atoms with Crippen LogP contribution in [0.2, 0.25) is 0 Å². The first-order valence-corrected chi connectivity index (χ1v) is 10.3. The van der Waals surface area contributed by atoms with Crippen molar-refractivity contribution in [1.29, 1.82) is 0 Å². The highest BCUT2D eigenvalue weighted by Gasteiger charge is 2.16. The number of hydrogen-bond donors (Lipinski definition) is 1. The molecule has 150 valence electrons. The molecule has 0 aliphatic heterocycles. The molecule has 0 aliphatic carbocycles. The first-order chi connectivity index (χ1) is 14.6. The standard InChI is InChI=1S/C23H21N5OS/c1-16-5-6-17(2)20(14-16)30-23-19(4-3-10-25-23)22(29)27-21-9-13-26-28(21)15-18-7-11-24-12-8-18/h3-14H,15H2,1-2H3,(H,27,29). The van der Waals surface area contributed by atoms with Crippen LogP contribution in [0.5, 0.6) is 0 Å². The molecular formula is C23H21N5OS. The van der Waals surface area contributed by atoms with Gasteiger partial charge in [-0.15, -0.1) is 0 Å². The Bertz CT molecular complexity index is 1170. The van der Waals surface area contributed by atoms with E-state index in [-0.39, 0.29) is 5.91 Å². The summed E-state index contributed by atoms with van der Waals surface area (Å²) in [5, 5.41) is 7.97. The highest BCUT2D eigenvalue weighted by molar-refractivity contribution is 7.99. The summed E-state index contributed by atoms with van der Waals surface area (Å²) in [6.45, 7) is 4.66. The van der Waals surface area contributed by atoms with E-state index in [1.807, 2.05) is 12.1 Å². The van der Waals surface area contributed by atoms with Gasteiger partial charge in [-0.05, 0) is 60.9 Å². The molecule has 0 aliphatic rings. The van der Waals surface area contributed by atoms with Crippen LogP contribution in [-0.4, -0.2) is 25.7 Å². The van der Waals surface area contributed by atoms with Gasteiger partial charge in [0.2, 0.25) is 0 Å². The number of benzene rings is 1. The maximum atomic E-state index is 13.1. The minimum absolute atomic E-state index is 0.215. The maximum absolute atomic E-state index is 13.1. The van der Waals surface area contributed by atoms with Gasteiger partial charge in [0.15, 0.2) is 0 Å². The van der Waals surface area contributed by atoms with Crippen LogP contribution in [0.25, 0.3) is 0 Å².